The van der Waals surface area contributed by atoms with Crippen LogP contribution in [0.5, 0.6) is 0 Å². The molecule has 1 unspecified atom stereocenters. The summed E-state index contributed by atoms with van der Waals surface area (Å²) < 4.78 is 12.9. The molecule has 2 aromatic rings. The summed E-state index contributed by atoms with van der Waals surface area (Å²) in [5.41, 5.74) is 0.161. The number of benzene rings is 2. The molecule has 0 bridgehead atoms. The minimum atomic E-state index is -1.20. The van der Waals surface area contributed by atoms with Crippen LogP contribution >= 0.6 is 0 Å². The van der Waals surface area contributed by atoms with E-state index < -0.39 is 23.4 Å². The van der Waals surface area contributed by atoms with E-state index >= 15 is 0 Å². The molecule has 1 aliphatic heterocycles. The molecular weight excluding hydrogens is 337 g/mol. The SMILES string of the molecule is CC1(c2ccccc2)NC(=O)N(CC(=O)NCc2ccc(F)cc2)C1=O. The number of carbonyl (C=O) groups excluding carboxylic acids is 3. The molecule has 4 amide bonds. The Morgan fingerprint density at radius 1 is 1.12 bits per heavy atom. The lowest BCUT2D eigenvalue weighted by atomic mass is 9.92. The molecule has 134 valence electrons. The normalized spacial score (nSPS) is 19.4. The van der Waals surface area contributed by atoms with Crippen molar-refractivity contribution in [2.75, 3.05) is 6.54 Å². The highest BCUT2D eigenvalue weighted by Gasteiger charge is 2.49. The Morgan fingerprint density at radius 3 is 2.42 bits per heavy atom. The second-order valence-corrected chi connectivity index (χ2v) is 6.22. The van der Waals surface area contributed by atoms with Gasteiger partial charge in [0.2, 0.25) is 5.91 Å². The Labute approximate surface area is 150 Å². The van der Waals surface area contributed by atoms with Crippen LogP contribution < -0.4 is 10.6 Å². The zero-order valence-electron chi connectivity index (χ0n) is 14.2. The quantitative estimate of drug-likeness (QED) is 0.804. The average molecular weight is 355 g/mol. The maximum absolute atomic E-state index is 12.9. The number of hydrogen-bond acceptors (Lipinski definition) is 3. The van der Waals surface area contributed by atoms with Crippen molar-refractivity contribution in [3.8, 4) is 0 Å². The molecule has 1 fully saturated rings. The van der Waals surface area contributed by atoms with Gasteiger partial charge in [-0.2, -0.15) is 0 Å². The summed E-state index contributed by atoms with van der Waals surface area (Å²) in [6, 6.07) is 13.9. The lowest BCUT2D eigenvalue weighted by molar-refractivity contribution is -0.134. The molecule has 2 N–H and O–H groups in total. The van der Waals surface area contributed by atoms with E-state index in [9.17, 15) is 18.8 Å². The molecule has 1 heterocycles. The van der Waals surface area contributed by atoms with Crippen molar-refractivity contribution in [2.24, 2.45) is 0 Å². The molecule has 6 nitrogen and oxygen atoms in total. The van der Waals surface area contributed by atoms with Gasteiger partial charge in [-0.3, -0.25) is 14.5 Å². The number of nitrogens with one attached hydrogen (secondary N) is 2. The van der Waals surface area contributed by atoms with E-state index in [0.29, 0.717) is 11.1 Å². The summed E-state index contributed by atoms with van der Waals surface area (Å²) in [6.07, 6.45) is 0. The average Bonchev–Trinajstić information content (AvgIpc) is 2.86. The number of rotatable bonds is 5. The Balaban J connectivity index is 1.64. The zero-order chi connectivity index (χ0) is 18.7. The van der Waals surface area contributed by atoms with Gasteiger partial charge in [0, 0.05) is 6.54 Å². The summed E-state index contributed by atoms with van der Waals surface area (Å²) in [6.45, 7) is 1.41. The Kier molecular flexibility index (Phi) is 4.71. The maximum atomic E-state index is 12.9. The Morgan fingerprint density at radius 2 is 1.77 bits per heavy atom. The molecule has 0 saturated carbocycles. The first-order chi connectivity index (χ1) is 12.4. The van der Waals surface area contributed by atoms with Gasteiger partial charge in [-0.1, -0.05) is 42.5 Å². The monoisotopic (exact) mass is 355 g/mol. The predicted molar refractivity (Wildman–Crippen MR) is 92.3 cm³/mol. The summed E-state index contributed by atoms with van der Waals surface area (Å²) in [5.74, 6) is -1.32. The first-order valence-corrected chi connectivity index (χ1v) is 8.11. The summed E-state index contributed by atoms with van der Waals surface area (Å²) >= 11 is 0. The third-order valence-electron chi connectivity index (χ3n) is 4.33. The molecule has 7 heteroatoms. The van der Waals surface area contributed by atoms with Gasteiger partial charge in [0.15, 0.2) is 0 Å². The first kappa shape index (κ1) is 17.6. The topological polar surface area (TPSA) is 78.5 Å². The maximum Gasteiger partial charge on any atom is 0.325 e. The highest BCUT2D eigenvalue weighted by atomic mass is 19.1. The van der Waals surface area contributed by atoms with Crippen LogP contribution in [-0.4, -0.2) is 29.3 Å². The third kappa shape index (κ3) is 3.42. The Bertz CT molecular complexity index is 839. The van der Waals surface area contributed by atoms with Crippen LogP contribution in [0.15, 0.2) is 54.6 Å². The number of carbonyl (C=O) groups is 3. The lowest BCUT2D eigenvalue weighted by Crippen LogP contribution is -2.43. The van der Waals surface area contributed by atoms with Crippen LogP contribution in [-0.2, 0) is 21.7 Å². The first-order valence-electron chi connectivity index (χ1n) is 8.11. The second kappa shape index (κ2) is 6.95. The minimum absolute atomic E-state index is 0.179. The van der Waals surface area contributed by atoms with E-state index in [1.54, 1.807) is 43.3 Å². The van der Waals surface area contributed by atoms with E-state index in [4.69, 9.17) is 0 Å². The number of imide groups is 1. The van der Waals surface area contributed by atoms with Gasteiger partial charge in [0.1, 0.15) is 17.9 Å². The number of nitrogens with zero attached hydrogens (tertiary/aromatic N) is 1. The fourth-order valence-electron chi connectivity index (χ4n) is 2.81. The van der Waals surface area contributed by atoms with Gasteiger partial charge in [-0.25, -0.2) is 9.18 Å². The van der Waals surface area contributed by atoms with E-state index in [1.165, 1.54) is 12.1 Å². The molecular formula is C19H18FN3O3. The van der Waals surface area contributed by atoms with E-state index in [-0.39, 0.29) is 18.9 Å². The number of hydrogen-bond donors (Lipinski definition) is 2. The molecule has 1 aliphatic rings. The molecule has 1 saturated heterocycles. The van der Waals surface area contributed by atoms with E-state index in [1.807, 2.05) is 6.07 Å². The van der Waals surface area contributed by atoms with Crippen LogP contribution in [0.4, 0.5) is 9.18 Å². The molecule has 0 aliphatic carbocycles. The van der Waals surface area contributed by atoms with Gasteiger partial charge in [0.05, 0.1) is 0 Å². The zero-order valence-corrected chi connectivity index (χ0v) is 14.2. The van der Waals surface area contributed by atoms with Gasteiger partial charge in [-0.05, 0) is 30.2 Å². The van der Waals surface area contributed by atoms with Crippen molar-refractivity contribution in [2.45, 2.75) is 19.0 Å². The second-order valence-electron chi connectivity index (χ2n) is 6.22. The minimum Gasteiger partial charge on any atom is -0.350 e. The molecule has 2 aromatic carbocycles. The van der Waals surface area contributed by atoms with Crippen molar-refractivity contribution in [1.29, 1.82) is 0 Å². The molecule has 3 rings (SSSR count). The smallest absolute Gasteiger partial charge is 0.325 e. The van der Waals surface area contributed by atoms with Gasteiger partial charge < -0.3 is 10.6 Å². The number of amides is 4. The van der Waals surface area contributed by atoms with Crippen molar-refractivity contribution in [3.63, 3.8) is 0 Å². The van der Waals surface area contributed by atoms with Crippen LogP contribution in [0.3, 0.4) is 0 Å². The van der Waals surface area contributed by atoms with Gasteiger partial charge >= 0.3 is 6.03 Å². The van der Waals surface area contributed by atoms with Crippen molar-refractivity contribution in [1.82, 2.24) is 15.5 Å². The van der Waals surface area contributed by atoms with Crippen molar-refractivity contribution >= 4 is 17.8 Å². The van der Waals surface area contributed by atoms with E-state index in [0.717, 1.165) is 4.90 Å². The van der Waals surface area contributed by atoms with Gasteiger partial charge in [0.25, 0.3) is 5.91 Å². The summed E-state index contributed by atoms with van der Waals surface area (Å²) in [4.78, 5) is 37.9. The largest absolute Gasteiger partial charge is 0.350 e. The van der Waals surface area contributed by atoms with Crippen LogP contribution in [0.1, 0.15) is 18.1 Å². The number of halogens is 1. The standard InChI is InChI=1S/C19H18FN3O3/c1-19(14-5-3-2-4-6-14)17(25)23(18(26)22-19)12-16(24)21-11-13-7-9-15(20)10-8-13/h2-10H,11-12H2,1H3,(H,21,24)(H,22,26). The predicted octanol–water partition coefficient (Wildman–Crippen LogP) is 1.91. The van der Waals surface area contributed by atoms with E-state index in [2.05, 4.69) is 10.6 Å². The van der Waals surface area contributed by atoms with Crippen LogP contribution in [0.25, 0.3) is 0 Å². The molecule has 0 radical (unpaired) electrons. The highest BCUT2D eigenvalue weighted by Crippen LogP contribution is 2.28. The van der Waals surface area contributed by atoms with Crippen LogP contribution in [0.2, 0.25) is 0 Å². The van der Waals surface area contributed by atoms with Crippen LogP contribution in [0, 0.1) is 5.82 Å². The van der Waals surface area contributed by atoms with Crippen molar-refractivity contribution in [3.05, 3.63) is 71.5 Å². The highest BCUT2D eigenvalue weighted by molar-refractivity contribution is 6.09. The molecule has 26 heavy (non-hydrogen) atoms. The molecule has 0 aromatic heterocycles. The fourth-order valence-corrected chi connectivity index (χ4v) is 2.81. The molecule has 1 atom stereocenters. The summed E-state index contributed by atoms with van der Waals surface area (Å²) in [7, 11) is 0. The summed E-state index contributed by atoms with van der Waals surface area (Å²) in [5, 5.41) is 5.27. The lowest BCUT2D eigenvalue weighted by Gasteiger charge is -2.22. The van der Waals surface area contributed by atoms with Gasteiger partial charge in [-0.15, -0.1) is 0 Å². The molecule has 0 spiro atoms. The number of urea groups is 1. The fraction of sp³-hybridized carbons (Fsp3) is 0.211. The third-order valence-corrected chi connectivity index (χ3v) is 4.33. The van der Waals surface area contributed by atoms with Crippen molar-refractivity contribution < 1.29 is 18.8 Å². The Hall–Kier alpha value is -3.22.